The van der Waals surface area contributed by atoms with E-state index in [1.165, 1.54) is 18.2 Å². The van der Waals surface area contributed by atoms with E-state index in [-0.39, 0.29) is 5.91 Å². The highest BCUT2D eigenvalue weighted by Gasteiger charge is 2.13. The van der Waals surface area contributed by atoms with E-state index in [0.717, 1.165) is 11.3 Å². The predicted octanol–water partition coefficient (Wildman–Crippen LogP) is 5.22. The maximum atomic E-state index is 12.5. The summed E-state index contributed by atoms with van der Waals surface area (Å²) < 4.78 is 5.29. The second kappa shape index (κ2) is 8.76. The monoisotopic (exact) mass is 395 g/mol. The lowest BCUT2D eigenvalue weighted by Crippen LogP contribution is -2.14. The quantitative estimate of drug-likeness (QED) is 0.600. The van der Waals surface area contributed by atoms with Crippen molar-refractivity contribution in [2.45, 2.75) is 20.4 Å². The number of halogens is 1. The summed E-state index contributed by atoms with van der Waals surface area (Å²) in [4.78, 5) is 16.8. The molecule has 5 nitrogen and oxygen atoms in total. The maximum absolute atomic E-state index is 12.5. The average Bonchev–Trinajstić information content (AvgIpc) is 2.69. The molecule has 6 heteroatoms. The Hall–Kier alpha value is -3.05. The normalized spacial score (nSPS) is 10.4. The molecule has 144 valence electrons. The van der Waals surface area contributed by atoms with E-state index in [1.807, 2.05) is 19.1 Å². The van der Waals surface area contributed by atoms with Crippen molar-refractivity contribution in [3.8, 4) is 5.75 Å². The van der Waals surface area contributed by atoms with Gasteiger partial charge in [0.15, 0.2) is 0 Å². The van der Waals surface area contributed by atoms with E-state index < -0.39 is 0 Å². The fourth-order valence-electron chi connectivity index (χ4n) is 2.78. The second-order valence-electron chi connectivity index (χ2n) is 6.53. The van der Waals surface area contributed by atoms with Gasteiger partial charge in [0.05, 0.1) is 24.7 Å². The minimum atomic E-state index is -0.315. The first-order valence-corrected chi connectivity index (χ1v) is 9.25. The van der Waals surface area contributed by atoms with Gasteiger partial charge in [0.25, 0.3) is 5.91 Å². The van der Waals surface area contributed by atoms with Crippen molar-refractivity contribution in [2.24, 2.45) is 0 Å². The van der Waals surface area contributed by atoms with E-state index in [4.69, 9.17) is 16.3 Å². The first-order valence-electron chi connectivity index (χ1n) is 8.87. The molecule has 0 spiro atoms. The van der Waals surface area contributed by atoms with Gasteiger partial charge in [-0.1, -0.05) is 41.4 Å². The summed E-state index contributed by atoms with van der Waals surface area (Å²) in [5.74, 6) is 0.186. The van der Waals surface area contributed by atoms with Gasteiger partial charge in [0.1, 0.15) is 11.4 Å². The fraction of sp³-hybridized carbons (Fsp3) is 0.182. The SMILES string of the molecule is COc1cc(Cl)c(C)cc1NC(=O)c1ccc(NCc2cccc(C)c2)cn1. The third-order valence-corrected chi connectivity index (χ3v) is 4.71. The number of hydrogen-bond donors (Lipinski definition) is 2. The topological polar surface area (TPSA) is 63.2 Å². The van der Waals surface area contributed by atoms with Crippen molar-refractivity contribution in [3.63, 3.8) is 0 Å². The molecule has 0 aliphatic carbocycles. The minimum Gasteiger partial charge on any atom is -0.495 e. The standard InChI is InChI=1S/C22H22ClN3O2/c1-14-5-4-6-16(9-14)12-24-17-7-8-19(25-13-17)22(27)26-20-10-15(2)18(23)11-21(20)28-3/h4-11,13,24H,12H2,1-3H3,(H,26,27). The van der Waals surface area contributed by atoms with Crippen LogP contribution >= 0.6 is 11.6 Å². The zero-order valence-corrected chi connectivity index (χ0v) is 16.8. The van der Waals surface area contributed by atoms with E-state index in [1.54, 1.807) is 24.4 Å². The van der Waals surface area contributed by atoms with Crippen LogP contribution in [0.2, 0.25) is 5.02 Å². The predicted molar refractivity (Wildman–Crippen MR) is 113 cm³/mol. The molecule has 28 heavy (non-hydrogen) atoms. The van der Waals surface area contributed by atoms with Crippen LogP contribution in [0.5, 0.6) is 5.75 Å². The van der Waals surface area contributed by atoms with Crippen molar-refractivity contribution in [1.82, 2.24) is 4.98 Å². The number of carbonyl (C=O) groups is 1. The van der Waals surface area contributed by atoms with E-state index in [0.29, 0.717) is 28.7 Å². The summed E-state index contributed by atoms with van der Waals surface area (Å²) in [6.45, 7) is 4.62. The first-order chi connectivity index (χ1) is 13.5. The molecule has 2 aromatic carbocycles. The molecule has 1 heterocycles. The number of methoxy groups -OCH3 is 1. The van der Waals surface area contributed by atoms with Crippen LogP contribution in [0.1, 0.15) is 27.2 Å². The molecule has 1 aromatic heterocycles. The van der Waals surface area contributed by atoms with Crippen LogP contribution in [0.4, 0.5) is 11.4 Å². The lowest BCUT2D eigenvalue weighted by Gasteiger charge is -2.12. The molecule has 0 atom stereocenters. The Labute approximate surface area is 169 Å². The van der Waals surface area contributed by atoms with Gasteiger partial charge >= 0.3 is 0 Å². The summed E-state index contributed by atoms with van der Waals surface area (Å²) in [7, 11) is 1.53. The van der Waals surface area contributed by atoms with Crippen molar-refractivity contribution >= 4 is 28.9 Å². The summed E-state index contributed by atoms with van der Waals surface area (Å²) in [5.41, 5.74) is 4.97. The first kappa shape index (κ1) is 19.7. The molecule has 0 aliphatic rings. The highest BCUT2D eigenvalue weighted by molar-refractivity contribution is 6.31. The summed E-state index contributed by atoms with van der Waals surface area (Å²) in [6.07, 6.45) is 1.65. The molecule has 0 fully saturated rings. The van der Waals surface area contributed by atoms with Crippen LogP contribution in [0.15, 0.2) is 54.7 Å². The Morgan fingerprint density at radius 1 is 1.14 bits per heavy atom. The van der Waals surface area contributed by atoms with Crippen molar-refractivity contribution in [1.29, 1.82) is 0 Å². The second-order valence-corrected chi connectivity index (χ2v) is 6.94. The third kappa shape index (κ3) is 4.81. The number of benzene rings is 2. The number of pyridine rings is 1. The largest absolute Gasteiger partial charge is 0.495 e. The van der Waals surface area contributed by atoms with Crippen LogP contribution in [0.3, 0.4) is 0 Å². The van der Waals surface area contributed by atoms with E-state index in [9.17, 15) is 4.79 Å². The molecule has 1 amide bonds. The molecule has 0 saturated carbocycles. The van der Waals surface area contributed by atoms with Crippen LogP contribution in [0.25, 0.3) is 0 Å². The Kier molecular flexibility index (Phi) is 6.16. The summed E-state index contributed by atoms with van der Waals surface area (Å²) in [6, 6.07) is 15.3. The molecule has 0 aliphatic heterocycles. The molecule has 0 saturated heterocycles. The molecular formula is C22H22ClN3O2. The maximum Gasteiger partial charge on any atom is 0.274 e. The zero-order valence-electron chi connectivity index (χ0n) is 16.0. The van der Waals surface area contributed by atoms with Gasteiger partial charge < -0.3 is 15.4 Å². The number of rotatable bonds is 6. The van der Waals surface area contributed by atoms with Gasteiger partial charge in [0, 0.05) is 17.6 Å². The molecule has 3 rings (SSSR count). The van der Waals surface area contributed by atoms with Crippen LogP contribution in [0, 0.1) is 13.8 Å². The lowest BCUT2D eigenvalue weighted by molar-refractivity contribution is 0.102. The Bertz CT molecular complexity index is 988. The Morgan fingerprint density at radius 3 is 2.64 bits per heavy atom. The Balaban J connectivity index is 1.66. The van der Waals surface area contributed by atoms with E-state index >= 15 is 0 Å². The van der Waals surface area contributed by atoms with Gasteiger partial charge in [-0.3, -0.25) is 4.79 Å². The van der Waals surface area contributed by atoms with Crippen molar-refractivity contribution in [3.05, 3.63) is 82.1 Å². The molecule has 2 N–H and O–H groups in total. The number of aryl methyl sites for hydroxylation is 2. The number of nitrogens with zero attached hydrogens (tertiary/aromatic N) is 1. The molecule has 0 radical (unpaired) electrons. The highest BCUT2D eigenvalue weighted by Crippen LogP contribution is 2.31. The molecule has 0 unspecified atom stereocenters. The van der Waals surface area contributed by atoms with Crippen LogP contribution < -0.4 is 15.4 Å². The molecule has 3 aromatic rings. The number of carbonyl (C=O) groups excluding carboxylic acids is 1. The summed E-state index contributed by atoms with van der Waals surface area (Å²) >= 11 is 6.11. The molecule has 0 bridgehead atoms. The number of anilines is 2. The number of aromatic nitrogens is 1. The van der Waals surface area contributed by atoms with Gasteiger partial charge in [0.2, 0.25) is 0 Å². The van der Waals surface area contributed by atoms with Gasteiger partial charge in [-0.25, -0.2) is 4.98 Å². The lowest BCUT2D eigenvalue weighted by atomic mass is 10.1. The number of nitrogens with one attached hydrogen (secondary N) is 2. The zero-order chi connectivity index (χ0) is 20.1. The highest BCUT2D eigenvalue weighted by atomic mass is 35.5. The Morgan fingerprint density at radius 2 is 1.96 bits per heavy atom. The number of ether oxygens (including phenoxy) is 1. The van der Waals surface area contributed by atoms with Crippen molar-refractivity contribution < 1.29 is 9.53 Å². The van der Waals surface area contributed by atoms with Crippen LogP contribution in [-0.2, 0) is 6.54 Å². The van der Waals surface area contributed by atoms with E-state index in [2.05, 4.69) is 40.7 Å². The number of hydrogen-bond acceptors (Lipinski definition) is 4. The van der Waals surface area contributed by atoms with Crippen LogP contribution in [-0.4, -0.2) is 18.0 Å². The number of amides is 1. The van der Waals surface area contributed by atoms with Gasteiger partial charge in [-0.2, -0.15) is 0 Å². The summed E-state index contributed by atoms with van der Waals surface area (Å²) in [5, 5.41) is 6.71. The molecular weight excluding hydrogens is 374 g/mol. The third-order valence-electron chi connectivity index (χ3n) is 4.30. The average molecular weight is 396 g/mol. The fourth-order valence-corrected chi connectivity index (χ4v) is 2.93. The van der Waals surface area contributed by atoms with Gasteiger partial charge in [-0.05, 0) is 43.2 Å². The van der Waals surface area contributed by atoms with Gasteiger partial charge in [-0.15, -0.1) is 0 Å². The van der Waals surface area contributed by atoms with Crippen molar-refractivity contribution in [2.75, 3.05) is 17.7 Å². The minimum absolute atomic E-state index is 0.315. The smallest absolute Gasteiger partial charge is 0.274 e.